The van der Waals surface area contributed by atoms with Gasteiger partial charge in [-0.2, -0.15) is 0 Å². The van der Waals surface area contributed by atoms with Crippen molar-refractivity contribution < 1.29 is 18.9 Å². The van der Waals surface area contributed by atoms with E-state index in [1.54, 1.807) is 0 Å². The molecule has 3 unspecified atom stereocenters. The molecular weight excluding hydrogens is 270 g/mol. The molecule has 3 heterocycles. The topological polar surface area (TPSA) is 58.9 Å². The van der Waals surface area contributed by atoms with Crippen molar-refractivity contribution in [2.75, 3.05) is 31.7 Å². The van der Waals surface area contributed by atoms with E-state index in [2.05, 4.69) is 17.4 Å². The standard InChI is InChI=1S/C16H21NO4/c1-3-13(18-9-16-10-21-16)4-2-11(1)17-12(5-14-7-19-14)6-15-8-20-15/h1-4,12,14-17H,5-10H2. The number of epoxide rings is 3. The first-order valence-electron chi connectivity index (χ1n) is 7.69. The summed E-state index contributed by atoms with van der Waals surface area (Å²) in [5.74, 6) is 0.892. The summed E-state index contributed by atoms with van der Waals surface area (Å²) in [5.41, 5.74) is 1.12. The number of anilines is 1. The molecule has 4 rings (SSSR count). The Morgan fingerprint density at radius 1 is 0.952 bits per heavy atom. The fraction of sp³-hybridized carbons (Fsp3) is 0.625. The van der Waals surface area contributed by atoms with E-state index in [0.29, 0.717) is 31.0 Å². The van der Waals surface area contributed by atoms with Crippen LogP contribution in [0.1, 0.15) is 12.8 Å². The molecule has 0 aromatic heterocycles. The number of benzene rings is 1. The molecule has 21 heavy (non-hydrogen) atoms. The van der Waals surface area contributed by atoms with Gasteiger partial charge in [-0.25, -0.2) is 0 Å². The molecular formula is C16H21NO4. The first kappa shape index (κ1) is 13.4. The summed E-state index contributed by atoms with van der Waals surface area (Å²) in [5, 5.41) is 3.59. The van der Waals surface area contributed by atoms with Crippen molar-refractivity contribution >= 4 is 5.69 Å². The molecule has 0 bridgehead atoms. The number of nitrogens with one attached hydrogen (secondary N) is 1. The van der Waals surface area contributed by atoms with Crippen molar-refractivity contribution in [2.24, 2.45) is 0 Å². The zero-order valence-electron chi connectivity index (χ0n) is 12.0. The van der Waals surface area contributed by atoms with Crippen LogP contribution in [-0.2, 0) is 14.2 Å². The first-order chi connectivity index (χ1) is 10.3. The lowest BCUT2D eigenvalue weighted by atomic mass is 10.1. The smallest absolute Gasteiger partial charge is 0.119 e. The maximum Gasteiger partial charge on any atom is 0.119 e. The van der Waals surface area contributed by atoms with Crippen LogP contribution in [0.25, 0.3) is 0 Å². The Morgan fingerprint density at radius 2 is 1.52 bits per heavy atom. The van der Waals surface area contributed by atoms with Crippen molar-refractivity contribution in [3.05, 3.63) is 24.3 Å². The summed E-state index contributed by atoms with van der Waals surface area (Å²) < 4.78 is 21.5. The van der Waals surface area contributed by atoms with Crippen molar-refractivity contribution in [1.82, 2.24) is 0 Å². The molecule has 3 atom stereocenters. The molecule has 0 amide bonds. The van der Waals surface area contributed by atoms with Gasteiger partial charge in [0, 0.05) is 11.7 Å². The molecule has 1 aromatic rings. The summed E-state index contributed by atoms with van der Waals surface area (Å²) in [6.07, 6.45) is 3.27. The summed E-state index contributed by atoms with van der Waals surface area (Å²) in [4.78, 5) is 0. The van der Waals surface area contributed by atoms with Crippen molar-refractivity contribution in [3.8, 4) is 5.75 Å². The second-order valence-electron chi connectivity index (χ2n) is 6.01. The number of rotatable bonds is 9. The van der Waals surface area contributed by atoms with Crippen LogP contribution in [0, 0.1) is 0 Å². The third-order valence-electron chi connectivity index (χ3n) is 3.96. The van der Waals surface area contributed by atoms with E-state index in [1.165, 1.54) is 0 Å². The van der Waals surface area contributed by atoms with E-state index in [-0.39, 0.29) is 0 Å². The molecule has 0 radical (unpaired) electrons. The average molecular weight is 291 g/mol. The van der Waals surface area contributed by atoms with E-state index >= 15 is 0 Å². The fourth-order valence-corrected chi connectivity index (χ4v) is 2.49. The van der Waals surface area contributed by atoms with Crippen LogP contribution in [0.4, 0.5) is 5.69 Å². The van der Waals surface area contributed by atoms with E-state index in [0.717, 1.165) is 44.1 Å². The van der Waals surface area contributed by atoms with Crippen molar-refractivity contribution in [3.63, 3.8) is 0 Å². The lowest BCUT2D eigenvalue weighted by Gasteiger charge is -2.18. The monoisotopic (exact) mass is 291 g/mol. The molecule has 3 aliphatic heterocycles. The molecule has 3 saturated heterocycles. The predicted molar refractivity (Wildman–Crippen MR) is 77.8 cm³/mol. The Bertz CT molecular complexity index is 452. The van der Waals surface area contributed by atoms with Crippen LogP contribution in [0.3, 0.4) is 0 Å². The van der Waals surface area contributed by atoms with Crippen LogP contribution in [0.2, 0.25) is 0 Å². The van der Waals surface area contributed by atoms with Crippen molar-refractivity contribution in [1.29, 1.82) is 0 Å². The maximum absolute atomic E-state index is 5.65. The Kier molecular flexibility index (Phi) is 3.71. The quantitative estimate of drug-likeness (QED) is 0.703. The normalized spacial score (nSPS) is 30.6. The third kappa shape index (κ3) is 4.33. The molecule has 0 aliphatic carbocycles. The summed E-state index contributed by atoms with van der Waals surface area (Å²) >= 11 is 0. The van der Waals surface area contributed by atoms with E-state index < -0.39 is 0 Å². The highest BCUT2D eigenvalue weighted by atomic mass is 16.6. The van der Waals surface area contributed by atoms with Crippen molar-refractivity contribution in [2.45, 2.75) is 37.2 Å². The lowest BCUT2D eigenvalue weighted by molar-refractivity contribution is 0.263. The highest BCUT2D eigenvalue weighted by molar-refractivity contribution is 5.47. The van der Waals surface area contributed by atoms with Gasteiger partial charge in [0.15, 0.2) is 0 Å². The van der Waals surface area contributed by atoms with Crippen LogP contribution >= 0.6 is 0 Å². The summed E-state index contributed by atoms with van der Waals surface area (Å²) in [7, 11) is 0. The highest BCUT2D eigenvalue weighted by Gasteiger charge is 2.32. The van der Waals surface area contributed by atoms with Gasteiger partial charge in [0.25, 0.3) is 0 Å². The SMILES string of the molecule is c1cc(OCC2CO2)ccc1NC(CC1CO1)CC1CO1. The predicted octanol–water partition coefficient (Wildman–Crippen LogP) is 1.82. The summed E-state index contributed by atoms with van der Waals surface area (Å²) in [6, 6.07) is 8.55. The van der Waals surface area contributed by atoms with Gasteiger partial charge in [0.1, 0.15) is 18.5 Å². The lowest BCUT2D eigenvalue weighted by Crippen LogP contribution is -2.23. The van der Waals surface area contributed by atoms with Gasteiger partial charge in [-0.1, -0.05) is 0 Å². The minimum atomic E-state index is 0.296. The molecule has 114 valence electrons. The molecule has 5 nitrogen and oxygen atoms in total. The van der Waals surface area contributed by atoms with Gasteiger partial charge < -0.3 is 24.3 Å². The van der Waals surface area contributed by atoms with Crippen LogP contribution in [0.5, 0.6) is 5.75 Å². The molecule has 3 aliphatic rings. The second kappa shape index (κ2) is 5.83. The van der Waals surface area contributed by atoms with Gasteiger partial charge in [-0.3, -0.25) is 0 Å². The van der Waals surface area contributed by atoms with Gasteiger partial charge in [-0.05, 0) is 37.1 Å². The Hall–Kier alpha value is -1.30. The molecule has 3 fully saturated rings. The van der Waals surface area contributed by atoms with E-state index in [4.69, 9.17) is 18.9 Å². The van der Waals surface area contributed by atoms with E-state index in [1.807, 2.05) is 12.1 Å². The van der Waals surface area contributed by atoms with Gasteiger partial charge in [0.05, 0.1) is 32.0 Å². The molecule has 0 spiro atoms. The number of hydrogen-bond donors (Lipinski definition) is 1. The van der Waals surface area contributed by atoms with Gasteiger partial charge in [0.2, 0.25) is 0 Å². The van der Waals surface area contributed by atoms with Crippen LogP contribution < -0.4 is 10.1 Å². The second-order valence-corrected chi connectivity index (χ2v) is 6.01. The zero-order chi connectivity index (χ0) is 14.1. The van der Waals surface area contributed by atoms with Gasteiger partial charge in [-0.15, -0.1) is 0 Å². The largest absolute Gasteiger partial charge is 0.491 e. The van der Waals surface area contributed by atoms with Crippen LogP contribution in [0.15, 0.2) is 24.3 Å². The van der Waals surface area contributed by atoms with Gasteiger partial charge >= 0.3 is 0 Å². The Labute approximate surface area is 124 Å². The fourth-order valence-electron chi connectivity index (χ4n) is 2.49. The number of ether oxygens (including phenoxy) is 4. The maximum atomic E-state index is 5.65. The average Bonchev–Trinajstić information content (AvgIpc) is 3.34. The molecule has 1 N–H and O–H groups in total. The third-order valence-corrected chi connectivity index (χ3v) is 3.96. The van der Waals surface area contributed by atoms with E-state index in [9.17, 15) is 0 Å². The Balaban J connectivity index is 1.30. The minimum Gasteiger partial charge on any atom is -0.491 e. The molecule has 0 saturated carbocycles. The highest BCUT2D eigenvalue weighted by Crippen LogP contribution is 2.26. The first-order valence-corrected chi connectivity index (χ1v) is 7.69. The molecule has 1 aromatic carbocycles. The number of hydrogen-bond acceptors (Lipinski definition) is 5. The minimum absolute atomic E-state index is 0.296. The Morgan fingerprint density at radius 3 is 2.05 bits per heavy atom. The summed E-state index contributed by atoms with van der Waals surface area (Å²) in [6.45, 7) is 3.28. The molecule has 5 heteroatoms. The zero-order valence-corrected chi connectivity index (χ0v) is 12.0. The van der Waals surface area contributed by atoms with Crippen LogP contribution in [-0.4, -0.2) is 50.8 Å².